The van der Waals surface area contributed by atoms with Gasteiger partial charge in [-0.3, -0.25) is 4.79 Å². The van der Waals surface area contributed by atoms with Crippen LogP contribution < -0.4 is 16.4 Å². The second kappa shape index (κ2) is 10.5. The highest BCUT2D eigenvalue weighted by Crippen LogP contribution is 2.33. The highest BCUT2D eigenvalue weighted by atomic mass is 32.1. The first-order valence-electron chi connectivity index (χ1n) is 10.3. The van der Waals surface area contributed by atoms with E-state index in [4.69, 9.17) is 20.9 Å². The lowest BCUT2D eigenvalue weighted by Crippen LogP contribution is -2.55. The first-order valence-corrected chi connectivity index (χ1v) is 11.2. The second-order valence-corrected chi connectivity index (χ2v) is 8.52. The molecule has 1 amide bonds. The molecule has 3 heterocycles. The number of halogens is 5. The van der Waals surface area contributed by atoms with Crippen molar-refractivity contribution in [1.82, 2.24) is 9.61 Å². The Kier molecular flexibility index (Phi) is 7.80. The number of carbonyl (C=O) groups is 2. The number of carboxylic acids is 1. The number of carbonyl (C=O) groups excluding carboxylic acids is 1. The van der Waals surface area contributed by atoms with E-state index in [1.807, 2.05) is 6.07 Å². The van der Waals surface area contributed by atoms with Gasteiger partial charge < -0.3 is 21.5 Å². The molecule has 0 saturated heterocycles. The Morgan fingerprint density at radius 3 is 2.56 bits per heavy atom. The van der Waals surface area contributed by atoms with Gasteiger partial charge >= 0.3 is 12.1 Å². The van der Waals surface area contributed by atoms with Crippen molar-refractivity contribution in [3.05, 3.63) is 46.3 Å². The third-order valence-electron chi connectivity index (χ3n) is 5.29. The van der Waals surface area contributed by atoms with Crippen LogP contribution in [0.25, 0.3) is 5.52 Å². The smallest absolute Gasteiger partial charge is 0.475 e. The van der Waals surface area contributed by atoms with Gasteiger partial charge in [0.1, 0.15) is 17.6 Å². The van der Waals surface area contributed by atoms with Crippen molar-refractivity contribution in [1.29, 1.82) is 5.26 Å². The highest BCUT2D eigenvalue weighted by molar-refractivity contribution is 7.08. The monoisotopic (exact) mass is 530 g/mol. The lowest BCUT2D eigenvalue weighted by molar-refractivity contribution is -0.192. The van der Waals surface area contributed by atoms with E-state index in [9.17, 15) is 26.7 Å². The van der Waals surface area contributed by atoms with Crippen LogP contribution in [0.3, 0.4) is 0 Å². The third kappa shape index (κ3) is 6.07. The van der Waals surface area contributed by atoms with Gasteiger partial charge in [0.15, 0.2) is 0 Å². The van der Waals surface area contributed by atoms with Crippen LogP contribution in [0.15, 0.2) is 35.0 Å². The Labute approximate surface area is 204 Å². The number of nitriles is 1. The summed E-state index contributed by atoms with van der Waals surface area (Å²) in [4.78, 5) is 21.6. The summed E-state index contributed by atoms with van der Waals surface area (Å²) in [6.45, 7) is 0. The van der Waals surface area contributed by atoms with Crippen molar-refractivity contribution in [3.8, 4) is 6.07 Å². The zero-order valence-corrected chi connectivity index (χ0v) is 19.0. The Hall–Kier alpha value is -3.77. The molecule has 0 bridgehead atoms. The van der Waals surface area contributed by atoms with Gasteiger partial charge in [0.25, 0.3) is 11.8 Å². The largest absolute Gasteiger partial charge is 0.490 e. The zero-order chi connectivity index (χ0) is 26.7. The summed E-state index contributed by atoms with van der Waals surface area (Å²) in [5.41, 5.74) is 7.49. The fourth-order valence-electron chi connectivity index (χ4n) is 3.45. The molecule has 1 saturated carbocycles. The number of aliphatic carboxylic acids is 1. The second-order valence-electron chi connectivity index (χ2n) is 7.77. The summed E-state index contributed by atoms with van der Waals surface area (Å²) in [7, 11) is 0. The van der Waals surface area contributed by atoms with Gasteiger partial charge in [-0.15, -0.1) is 16.4 Å². The average molecular weight is 530 g/mol. The van der Waals surface area contributed by atoms with Crippen molar-refractivity contribution < 1.29 is 36.6 Å². The maximum atomic E-state index is 13.9. The van der Waals surface area contributed by atoms with Crippen molar-refractivity contribution in [2.24, 2.45) is 5.73 Å². The van der Waals surface area contributed by atoms with E-state index in [1.54, 1.807) is 35.0 Å². The molecule has 15 heteroatoms. The van der Waals surface area contributed by atoms with Crippen LogP contribution >= 0.6 is 11.3 Å². The molecule has 0 aromatic carbocycles. The van der Waals surface area contributed by atoms with E-state index in [2.05, 4.69) is 15.7 Å². The minimum atomic E-state index is -5.08. The molecular formula is C21H19F5N6O3S. The van der Waals surface area contributed by atoms with Crippen molar-refractivity contribution >= 4 is 40.2 Å². The minimum absolute atomic E-state index is 0.214. The number of hydrogen-bond acceptors (Lipinski definition) is 7. The number of anilines is 2. The highest BCUT2D eigenvalue weighted by Gasteiger charge is 2.44. The molecule has 5 N–H and O–H groups in total. The van der Waals surface area contributed by atoms with Gasteiger partial charge in [0.05, 0.1) is 22.8 Å². The maximum Gasteiger partial charge on any atom is 0.490 e. The number of alkyl halides is 5. The Morgan fingerprint density at radius 1 is 1.25 bits per heavy atom. The van der Waals surface area contributed by atoms with Crippen molar-refractivity contribution in [3.63, 3.8) is 0 Å². The lowest BCUT2D eigenvalue weighted by Gasteiger charge is -2.36. The first kappa shape index (κ1) is 26.8. The predicted octanol–water partition coefficient (Wildman–Crippen LogP) is 4.08. The molecule has 1 fully saturated rings. The number of fused-ring (bicyclic) bond motifs is 1. The normalized spacial score (nSPS) is 19.0. The number of nitrogens with one attached hydrogen (secondary N) is 2. The van der Waals surface area contributed by atoms with E-state index >= 15 is 0 Å². The summed E-state index contributed by atoms with van der Waals surface area (Å²) < 4.78 is 61.0. The third-order valence-corrected chi connectivity index (χ3v) is 6.03. The molecular weight excluding hydrogens is 511 g/mol. The molecule has 0 radical (unpaired) electrons. The number of carboxylic acid groups (broad SMARTS) is 1. The fraction of sp³-hybridized carbons (Fsp3) is 0.333. The van der Waals surface area contributed by atoms with Crippen LogP contribution in [-0.4, -0.2) is 50.8 Å². The summed E-state index contributed by atoms with van der Waals surface area (Å²) in [6.07, 6.45) is -4.40. The number of nitrogens with zero attached hydrogens (tertiary/aromatic N) is 3. The van der Waals surface area contributed by atoms with Gasteiger partial charge in [0.2, 0.25) is 0 Å². The lowest BCUT2D eigenvalue weighted by atomic mass is 9.87. The predicted molar refractivity (Wildman–Crippen MR) is 120 cm³/mol. The van der Waals surface area contributed by atoms with E-state index in [1.165, 1.54) is 15.9 Å². The summed E-state index contributed by atoms with van der Waals surface area (Å²) >= 11 is 1.31. The molecule has 3 aromatic heterocycles. The van der Waals surface area contributed by atoms with Gasteiger partial charge in [0, 0.05) is 23.2 Å². The minimum Gasteiger partial charge on any atom is -0.475 e. The van der Waals surface area contributed by atoms with E-state index in [-0.39, 0.29) is 12.1 Å². The molecule has 0 spiro atoms. The van der Waals surface area contributed by atoms with Crippen LogP contribution in [0.2, 0.25) is 0 Å². The molecule has 192 valence electrons. The molecule has 0 unspecified atom stereocenters. The standard InChI is InChI=1S/C19H18F2N6OS.C2HF3O2/c20-19(21)7-1-2-13(17(19)23)24-16-6-4-12-3-5-15(27(12)26-16)18(28)25-14-10-29-9-11(14)8-22;3-2(4,5)1(6)7/h3-6,9-10,13,17H,1-2,7,23H2,(H,24,26)(H,25,28);(H,6,7)/t13-,17-;/m1./s1. The van der Waals surface area contributed by atoms with E-state index in [0.29, 0.717) is 35.4 Å². The number of thiophene rings is 1. The first-order chi connectivity index (χ1) is 16.8. The number of amides is 1. The van der Waals surface area contributed by atoms with Gasteiger partial charge in [-0.1, -0.05) is 0 Å². The molecule has 2 atom stereocenters. The Balaban J connectivity index is 0.000000454. The van der Waals surface area contributed by atoms with E-state index < -0.39 is 36.1 Å². The fourth-order valence-corrected chi connectivity index (χ4v) is 4.16. The Morgan fingerprint density at radius 2 is 1.92 bits per heavy atom. The molecule has 3 aromatic rings. The summed E-state index contributed by atoms with van der Waals surface area (Å²) in [5, 5.41) is 29.6. The topological polar surface area (TPSA) is 146 Å². The number of hydrogen-bond donors (Lipinski definition) is 4. The van der Waals surface area contributed by atoms with E-state index in [0.717, 1.165) is 0 Å². The number of rotatable bonds is 4. The molecule has 4 rings (SSSR count). The number of aromatic nitrogens is 2. The SMILES string of the molecule is N#Cc1cscc1NC(=O)c1ccc2ccc(N[C@@H]3CCCC(F)(F)[C@@H]3N)nn12.O=C(O)C(F)(F)F. The van der Waals surface area contributed by atoms with Crippen molar-refractivity contribution in [2.75, 3.05) is 10.6 Å². The quantitative estimate of drug-likeness (QED) is 0.372. The van der Waals surface area contributed by atoms with Gasteiger partial charge in [-0.25, -0.2) is 18.1 Å². The molecule has 0 aliphatic heterocycles. The average Bonchev–Trinajstić information content (AvgIpc) is 3.43. The van der Waals surface area contributed by atoms with Crippen LogP contribution in [0.5, 0.6) is 0 Å². The molecule has 9 nitrogen and oxygen atoms in total. The Bertz CT molecular complexity index is 1300. The summed E-state index contributed by atoms with van der Waals surface area (Å²) in [6, 6.07) is 6.86. The van der Waals surface area contributed by atoms with Crippen LogP contribution in [0, 0.1) is 11.3 Å². The molecule has 1 aliphatic carbocycles. The summed E-state index contributed by atoms with van der Waals surface area (Å²) in [5.74, 6) is -5.75. The molecule has 1 aliphatic rings. The zero-order valence-electron chi connectivity index (χ0n) is 18.2. The van der Waals surface area contributed by atoms with Crippen molar-refractivity contribution in [2.45, 2.75) is 43.4 Å². The number of nitrogens with two attached hydrogens (primary N) is 1. The van der Waals surface area contributed by atoms with Crippen LogP contribution in [0.1, 0.15) is 35.3 Å². The van der Waals surface area contributed by atoms with Crippen LogP contribution in [0.4, 0.5) is 33.5 Å². The van der Waals surface area contributed by atoms with Gasteiger partial charge in [-0.2, -0.15) is 18.4 Å². The molecule has 36 heavy (non-hydrogen) atoms. The van der Waals surface area contributed by atoms with Crippen LogP contribution in [-0.2, 0) is 4.79 Å². The maximum absolute atomic E-state index is 13.9. The van der Waals surface area contributed by atoms with Gasteiger partial charge in [-0.05, 0) is 37.1 Å².